The number of amides is 4. The van der Waals surface area contributed by atoms with Crippen molar-refractivity contribution in [1.29, 1.82) is 0 Å². The predicted octanol–water partition coefficient (Wildman–Crippen LogP) is 2.95. The second-order valence-electron chi connectivity index (χ2n) is 8.24. The van der Waals surface area contributed by atoms with Gasteiger partial charge in [-0.15, -0.1) is 0 Å². The molecule has 152 valence electrons. The molecule has 0 aromatic heterocycles. The van der Waals surface area contributed by atoms with Crippen LogP contribution in [0.3, 0.4) is 0 Å². The molecule has 1 aromatic carbocycles. The average molecular weight is 389 g/mol. The highest BCUT2D eigenvalue weighted by molar-refractivity contribution is 6.05. The van der Waals surface area contributed by atoms with Crippen LogP contribution >= 0.6 is 0 Å². The van der Waals surface area contributed by atoms with Gasteiger partial charge in [-0.1, -0.05) is 6.07 Å². The number of ether oxygens (including phenoxy) is 1. The molecule has 0 unspecified atom stereocenters. The highest BCUT2D eigenvalue weighted by atomic mass is 16.6. The third kappa shape index (κ3) is 4.55. The number of aromatic hydroxyl groups is 1. The number of benzene rings is 1. The van der Waals surface area contributed by atoms with Crippen LogP contribution in [0.2, 0.25) is 0 Å². The van der Waals surface area contributed by atoms with Crippen molar-refractivity contribution < 1.29 is 24.2 Å². The number of urea groups is 1. The molecule has 2 aliphatic rings. The summed E-state index contributed by atoms with van der Waals surface area (Å²) in [5.74, 6) is -0.0405. The number of hydrogen-bond donors (Lipinski definition) is 2. The van der Waals surface area contributed by atoms with E-state index in [4.69, 9.17) is 4.74 Å². The Balaban J connectivity index is 1.63. The number of phenolic OH excluding ortho intramolecular Hbond substituents is 1. The highest BCUT2D eigenvalue weighted by Crippen LogP contribution is 2.36. The molecule has 0 aliphatic carbocycles. The number of rotatable bonds is 2. The Morgan fingerprint density at radius 1 is 1.18 bits per heavy atom. The molecule has 2 aliphatic heterocycles. The molecular weight excluding hydrogens is 362 g/mol. The van der Waals surface area contributed by atoms with E-state index in [1.165, 1.54) is 4.90 Å². The molecule has 8 heteroatoms. The van der Waals surface area contributed by atoms with Crippen molar-refractivity contribution in [3.8, 4) is 5.75 Å². The normalized spacial score (nSPS) is 18.8. The summed E-state index contributed by atoms with van der Waals surface area (Å²) in [5, 5.41) is 12.8. The number of carbonyl (C=O) groups is 3. The minimum absolute atomic E-state index is 0.123. The van der Waals surface area contributed by atoms with E-state index in [0.29, 0.717) is 18.8 Å². The van der Waals surface area contributed by atoms with Gasteiger partial charge in [0.1, 0.15) is 11.4 Å². The largest absolute Gasteiger partial charge is 0.508 e. The van der Waals surface area contributed by atoms with Gasteiger partial charge in [0.15, 0.2) is 0 Å². The van der Waals surface area contributed by atoms with Crippen LogP contribution in [-0.2, 0) is 9.53 Å². The zero-order valence-corrected chi connectivity index (χ0v) is 16.5. The standard InChI is InChI=1S/C20H27N3O5/c1-20(2,3)28-19(27)22-9-6-13(7-10-22)15-5-4-14(12-16(15)24)23-11-8-17(25)21-18(23)26/h4-5,12-13,24H,6-11H2,1-3H3,(H,21,25,26). The molecule has 1 aromatic rings. The Labute approximate surface area is 164 Å². The molecule has 0 atom stereocenters. The van der Waals surface area contributed by atoms with Gasteiger partial charge in [0.2, 0.25) is 5.91 Å². The molecule has 2 saturated heterocycles. The van der Waals surface area contributed by atoms with Crippen LogP contribution in [-0.4, -0.2) is 53.3 Å². The van der Waals surface area contributed by atoms with E-state index in [2.05, 4.69) is 5.32 Å². The van der Waals surface area contributed by atoms with E-state index in [9.17, 15) is 19.5 Å². The molecule has 3 rings (SSSR count). The smallest absolute Gasteiger partial charge is 0.410 e. The van der Waals surface area contributed by atoms with Gasteiger partial charge < -0.3 is 14.7 Å². The second kappa shape index (κ2) is 7.69. The summed E-state index contributed by atoms with van der Waals surface area (Å²) < 4.78 is 5.41. The zero-order valence-electron chi connectivity index (χ0n) is 16.5. The zero-order chi connectivity index (χ0) is 20.5. The quantitative estimate of drug-likeness (QED) is 0.810. The minimum atomic E-state index is -0.520. The van der Waals surface area contributed by atoms with E-state index < -0.39 is 11.6 Å². The molecule has 0 bridgehead atoms. The van der Waals surface area contributed by atoms with Crippen molar-refractivity contribution in [3.63, 3.8) is 0 Å². The van der Waals surface area contributed by atoms with Gasteiger partial charge in [0.05, 0.1) is 0 Å². The third-order valence-electron chi connectivity index (χ3n) is 4.97. The Morgan fingerprint density at radius 3 is 2.43 bits per heavy atom. The lowest BCUT2D eigenvalue weighted by Crippen LogP contribution is -2.49. The maximum absolute atomic E-state index is 12.2. The molecule has 0 spiro atoms. The lowest BCUT2D eigenvalue weighted by atomic mass is 9.88. The van der Waals surface area contributed by atoms with Crippen LogP contribution in [0.1, 0.15) is 51.5 Å². The Kier molecular flexibility index (Phi) is 5.49. The molecule has 2 fully saturated rings. The number of hydrogen-bond acceptors (Lipinski definition) is 5. The topological polar surface area (TPSA) is 99.2 Å². The van der Waals surface area contributed by atoms with Gasteiger partial charge in [-0.05, 0) is 51.2 Å². The monoisotopic (exact) mass is 389 g/mol. The van der Waals surface area contributed by atoms with Crippen LogP contribution in [0.4, 0.5) is 15.3 Å². The summed E-state index contributed by atoms with van der Waals surface area (Å²) in [7, 11) is 0. The van der Waals surface area contributed by atoms with Crippen molar-refractivity contribution in [1.82, 2.24) is 10.2 Å². The summed E-state index contributed by atoms with van der Waals surface area (Å²) >= 11 is 0. The van der Waals surface area contributed by atoms with Gasteiger partial charge in [0.25, 0.3) is 0 Å². The lowest BCUT2D eigenvalue weighted by Gasteiger charge is -2.34. The fourth-order valence-electron chi connectivity index (χ4n) is 3.56. The minimum Gasteiger partial charge on any atom is -0.508 e. The molecule has 0 saturated carbocycles. The second-order valence-corrected chi connectivity index (χ2v) is 8.24. The van der Waals surface area contributed by atoms with E-state index in [-0.39, 0.29) is 36.6 Å². The fraction of sp³-hybridized carbons (Fsp3) is 0.550. The van der Waals surface area contributed by atoms with Crippen LogP contribution in [0.15, 0.2) is 18.2 Å². The van der Waals surface area contributed by atoms with Gasteiger partial charge >= 0.3 is 12.1 Å². The van der Waals surface area contributed by atoms with Crippen molar-refractivity contribution in [2.45, 2.75) is 51.6 Å². The number of nitrogens with one attached hydrogen (secondary N) is 1. The number of phenols is 1. The molecular formula is C20H27N3O5. The molecule has 8 nitrogen and oxygen atoms in total. The number of likely N-dealkylation sites (tertiary alicyclic amines) is 1. The Morgan fingerprint density at radius 2 is 1.86 bits per heavy atom. The summed E-state index contributed by atoms with van der Waals surface area (Å²) in [5.41, 5.74) is 0.839. The van der Waals surface area contributed by atoms with E-state index >= 15 is 0 Å². The summed E-state index contributed by atoms with van der Waals surface area (Å²) in [4.78, 5) is 38.6. The van der Waals surface area contributed by atoms with Gasteiger partial charge in [0, 0.05) is 37.8 Å². The highest BCUT2D eigenvalue weighted by Gasteiger charge is 2.29. The Hall–Kier alpha value is -2.77. The predicted molar refractivity (Wildman–Crippen MR) is 103 cm³/mol. The molecule has 4 amide bonds. The maximum atomic E-state index is 12.2. The maximum Gasteiger partial charge on any atom is 0.410 e. The van der Waals surface area contributed by atoms with Gasteiger partial charge in [-0.3, -0.25) is 15.0 Å². The van der Waals surface area contributed by atoms with Crippen molar-refractivity contribution >= 4 is 23.7 Å². The first kappa shape index (κ1) is 20.0. The van der Waals surface area contributed by atoms with E-state index in [1.54, 1.807) is 17.0 Å². The van der Waals surface area contributed by atoms with Crippen LogP contribution < -0.4 is 10.2 Å². The van der Waals surface area contributed by atoms with Crippen molar-refractivity contribution in [2.75, 3.05) is 24.5 Å². The first-order valence-corrected chi connectivity index (χ1v) is 9.56. The Bertz CT molecular complexity index is 779. The SMILES string of the molecule is CC(C)(C)OC(=O)N1CCC(c2ccc(N3CCC(=O)NC3=O)cc2O)CC1. The van der Waals surface area contributed by atoms with Crippen molar-refractivity contribution in [3.05, 3.63) is 23.8 Å². The fourth-order valence-corrected chi connectivity index (χ4v) is 3.56. The van der Waals surface area contributed by atoms with Crippen LogP contribution in [0.5, 0.6) is 5.75 Å². The molecule has 2 heterocycles. The summed E-state index contributed by atoms with van der Waals surface area (Å²) in [6, 6.07) is 4.69. The number of imide groups is 1. The molecule has 2 N–H and O–H groups in total. The lowest BCUT2D eigenvalue weighted by molar-refractivity contribution is -0.120. The molecule has 0 radical (unpaired) electrons. The number of nitrogens with zero attached hydrogens (tertiary/aromatic N) is 2. The van der Waals surface area contributed by atoms with Crippen molar-refractivity contribution in [2.24, 2.45) is 0 Å². The first-order chi connectivity index (χ1) is 13.1. The third-order valence-corrected chi connectivity index (χ3v) is 4.97. The van der Waals surface area contributed by atoms with Gasteiger partial charge in [-0.25, -0.2) is 9.59 Å². The molecule has 28 heavy (non-hydrogen) atoms. The van der Waals surface area contributed by atoms with E-state index in [1.807, 2.05) is 26.8 Å². The van der Waals surface area contributed by atoms with Crippen LogP contribution in [0, 0.1) is 0 Å². The van der Waals surface area contributed by atoms with Crippen LogP contribution in [0.25, 0.3) is 0 Å². The first-order valence-electron chi connectivity index (χ1n) is 9.56. The number of carbonyl (C=O) groups excluding carboxylic acids is 3. The average Bonchev–Trinajstić information content (AvgIpc) is 2.60. The van der Waals surface area contributed by atoms with E-state index in [0.717, 1.165) is 18.4 Å². The van der Waals surface area contributed by atoms with Gasteiger partial charge in [-0.2, -0.15) is 0 Å². The number of piperidine rings is 1. The summed E-state index contributed by atoms with van der Waals surface area (Å²) in [6.45, 7) is 6.95. The number of anilines is 1. The summed E-state index contributed by atoms with van der Waals surface area (Å²) in [6.07, 6.45) is 1.38.